The molecular weight excluding hydrogens is 727 g/mol. The molecule has 4 bridgehead atoms. The van der Waals surface area contributed by atoms with Crippen LogP contribution in [-0.4, -0.2) is 98.3 Å². The maximum Gasteiger partial charge on any atom is 0.306 e. The lowest BCUT2D eigenvalue weighted by Gasteiger charge is -2.34. The summed E-state index contributed by atoms with van der Waals surface area (Å²) in [6.07, 6.45) is 9.32. The number of esters is 1. The van der Waals surface area contributed by atoms with Gasteiger partial charge in [0.25, 0.3) is 5.91 Å². The van der Waals surface area contributed by atoms with Gasteiger partial charge in [0.2, 0.25) is 17.7 Å². The molecule has 0 radical (unpaired) electrons. The highest BCUT2D eigenvalue weighted by molar-refractivity contribution is 7.87. The molecule has 15 heteroatoms. The number of hydrogen-bond acceptors (Lipinski definition) is 10. The largest absolute Gasteiger partial charge is 0.496 e. The minimum absolute atomic E-state index is 0.0301. The van der Waals surface area contributed by atoms with Gasteiger partial charge in [-0.2, -0.15) is 12.7 Å². The Morgan fingerprint density at radius 1 is 1.13 bits per heavy atom. The van der Waals surface area contributed by atoms with Gasteiger partial charge >= 0.3 is 16.2 Å². The van der Waals surface area contributed by atoms with Gasteiger partial charge in [-0.3, -0.25) is 19.2 Å². The molecule has 2 N–H and O–H groups in total. The Morgan fingerprint density at radius 3 is 2.55 bits per heavy atom. The summed E-state index contributed by atoms with van der Waals surface area (Å²) >= 11 is 0. The van der Waals surface area contributed by atoms with Crippen molar-refractivity contribution in [3.05, 3.63) is 42.6 Å². The number of ether oxygens (including phenoxy) is 3. The number of aryl methyl sites for hydroxylation is 1. The van der Waals surface area contributed by atoms with E-state index in [4.69, 9.17) is 14.2 Å². The Labute approximate surface area is 323 Å². The van der Waals surface area contributed by atoms with Crippen LogP contribution in [0.5, 0.6) is 11.6 Å². The van der Waals surface area contributed by atoms with E-state index in [0.29, 0.717) is 12.3 Å². The Morgan fingerprint density at radius 2 is 1.87 bits per heavy atom. The number of nitrogens with zero attached hydrogens (tertiary/aromatic N) is 3. The smallest absolute Gasteiger partial charge is 0.306 e. The minimum atomic E-state index is -4.16. The van der Waals surface area contributed by atoms with E-state index >= 15 is 0 Å². The third-order valence-electron chi connectivity index (χ3n) is 11.9. The van der Waals surface area contributed by atoms with Gasteiger partial charge in [0.05, 0.1) is 32.6 Å². The normalized spacial score (nSPS) is 27.8. The van der Waals surface area contributed by atoms with Crippen molar-refractivity contribution in [2.24, 2.45) is 23.2 Å². The number of cyclic esters (lactones) is 1. The number of fused-ring (bicyclic) bond motifs is 3. The summed E-state index contributed by atoms with van der Waals surface area (Å²) in [6.45, 7) is 8.13. The Kier molecular flexibility index (Phi) is 11.8. The van der Waals surface area contributed by atoms with E-state index in [1.165, 1.54) is 25.1 Å². The van der Waals surface area contributed by atoms with E-state index in [2.05, 4.69) is 35.4 Å². The molecule has 300 valence electrons. The van der Waals surface area contributed by atoms with Gasteiger partial charge in [0, 0.05) is 38.0 Å². The number of carbonyl (C=O) groups is 4. The van der Waals surface area contributed by atoms with Crippen LogP contribution >= 0.6 is 0 Å². The number of carbonyl (C=O) groups excluding carboxylic acids is 4. The molecule has 2 saturated carbocycles. The second kappa shape index (κ2) is 16.1. The lowest BCUT2D eigenvalue weighted by molar-refractivity contribution is -0.154. The van der Waals surface area contributed by atoms with Crippen molar-refractivity contribution in [1.82, 2.24) is 24.2 Å². The second-order valence-corrected chi connectivity index (χ2v) is 18.5. The van der Waals surface area contributed by atoms with Crippen LogP contribution in [0.2, 0.25) is 0 Å². The maximum atomic E-state index is 14.9. The van der Waals surface area contributed by atoms with Gasteiger partial charge in [0.1, 0.15) is 23.4 Å². The fourth-order valence-corrected chi connectivity index (χ4v) is 9.02. The summed E-state index contributed by atoms with van der Waals surface area (Å²) < 4.78 is 46.4. The van der Waals surface area contributed by atoms with E-state index < -0.39 is 57.5 Å². The van der Waals surface area contributed by atoms with Crippen LogP contribution in [0.25, 0.3) is 10.8 Å². The predicted octanol–water partition coefficient (Wildman–Crippen LogP) is 4.07. The Balaban J connectivity index is 1.37. The van der Waals surface area contributed by atoms with Crippen molar-refractivity contribution in [3.63, 3.8) is 0 Å². The fraction of sp³-hybridized carbons (Fsp3) is 0.625. The molecule has 6 rings (SSSR count). The average Bonchev–Trinajstić information content (AvgIpc) is 3.71. The van der Waals surface area contributed by atoms with E-state index in [9.17, 15) is 27.6 Å². The number of benzene rings is 1. The molecule has 3 fully saturated rings. The number of hydrogen-bond donors (Lipinski definition) is 2. The van der Waals surface area contributed by atoms with Gasteiger partial charge in [-0.1, -0.05) is 39.2 Å². The van der Waals surface area contributed by atoms with Crippen LogP contribution in [0.3, 0.4) is 0 Å². The first-order valence-electron chi connectivity index (χ1n) is 19.3. The molecule has 5 atom stereocenters. The number of nitrogens with one attached hydrogen (secondary N) is 2. The number of methoxy groups -OCH3 is 1. The van der Waals surface area contributed by atoms with Gasteiger partial charge in [-0.25, -0.2) is 9.71 Å². The number of aromatic nitrogens is 1. The SMILES string of the molecule is C=C[C@@H]1C[C@]1(NC(=O)[C@@H]1C[C@@H]2CN1C(=O)[C@H](C1CCCCC1)CC(=O)OCC(C)(C)CCCc1cc3c(nccc3cc1OC)O2)C(=O)NS(=O)(=O)N(C)C. The maximum absolute atomic E-state index is 14.9. The van der Waals surface area contributed by atoms with Crippen molar-refractivity contribution in [2.75, 3.05) is 34.4 Å². The highest BCUT2D eigenvalue weighted by Crippen LogP contribution is 2.45. The van der Waals surface area contributed by atoms with Gasteiger partial charge in [-0.05, 0) is 79.0 Å². The summed E-state index contributed by atoms with van der Waals surface area (Å²) in [6, 6.07) is 4.75. The van der Waals surface area contributed by atoms with E-state index in [0.717, 1.165) is 71.3 Å². The molecule has 1 saturated heterocycles. The molecule has 0 unspecified atom stereocenters. The second-order valence-electron chi connectivity index (χ2n) is 16.6. The van der Waals surface area contributed by atoms with Crippen molar-refractivity contribution >= 4 is 44.7 Å². The van der Waals surface area contributed by atoms with Crippen molar-refractivity contribution < 1.29 is 41.8 Å². The van der Waals surface area contributed by atoms with Crippen LogP contribution in [0.15, 0.2) is 37.1 Å². The Hall–Kier alpha value is -4.24. The first kappa shape index (κ1) is 40.4. The van der Waals surface area contributed by atoms with Crippen LogP contribution < -0.4 is 19.5 Å². The molecule has 4 aliphatic rings. The lowest BCUT2D eigenvalue weighted by atomic mass is 9.77. The predicted molar refractivity (Wildman–Crippen MR) is 205 cm³/mol. The molecule has 2 aromatic rings. The summed E-state index contributed by atoms with van der Waals surface area (Å²) in [5, 5.41) is 4.45. The molecule has 3 heterocycles. The number of amides is 3. The molecule has 3 amide bonds. The van der Waals surface area contributed by atoms with Crippen molar-refractivity contribution in [1.29, 1.82) is 0 Å². The quantitative estimate of drug-likeness (QED) is 0.294. The van der Waals surface area contributed by atoms with Gasteiger partial charge in [-0.15, -0.1) is 6.58 Å². The van der Waals surface area contributed by atoms with Crippen molar-refractivity contribution in [3.8, 4) is 11.6 Å². The molecule has 0 spiro atoms. The molecule has 2 aliphatic heterocycles. The third-order valence-corrected chi connectivity index (χ3v) is 13.3. The van der Waals surface area contributed by atoms with E-state index in [1.807, 2.05) is 18.2 Å². The highest BCUT2D eigenvalue weighted by Gasteiger charge is 2.61. The highest BCUT2D eigenvalue weighted by atomic mass is 32.2. The monoisotopic (exact) mass is 781 g/mol. The zero-order valence-corrected chi connectivity index (χ0v) is 33.4. The van der Waals surface area contributed by atoms with E-state index in [-0.39, 0.29) is 49.7 Å². The van der Waals surface area contributed by atoms with Crippen LogP contribution in [0, 0.1) is 23.2 Å². The van der Waals surface area contributed by atoms with Gasteiger partial charge < -0.3 is 24.4 Å². The minimum Gasteiger partial charge on any atom is -0.496 e. The van der Waals surface area contributed by atoms with Gasteiger partial charge in [0.15, 0.2) is 0 Å². The van der Waals surface area contributed by atoms with Crippen molar-refractivity contribution in [2.45, 2.75) is 102 Å². The molecular formula is C40H55N5O9S. The fourth-order valence-electron chi connectivity index (χ4n) is 8.42. The lowest BCUT2D eigenvalue weighted by Crippen LogP contribution is -2.57. The topological polar surface area (TPSA) is 174 Å². The average molecular weight is 782 g/mol. The first-order chi connectivity index (χ1) is 26.1. The third kappa shape index (κ3) is 8.77. The first-order valence-corrected chi connectivity index (χ1v) is 20.8. The summed E-state index contributed by atoms with van der Waals surface area (Å²) in [4.78, 5) is 62.5. The molecule has 1 aromatic carbocycles. The molecule has 14 nitrogen and oxygen atoms in total. The standard InChI is InChI=1S/C40H55N5O9S/c1-7-28-22-40(28,38(49)43-55(50,51)44(4)5)42-35(47)32-20-29-23-45(32)37(48)31(25-12-9-8-10-13-25)21-34(46)53-24-39(2,3)16-11-14-27-18-30-26(19-33(27)52-6)15-17-41-36(30)54-29/h7,15,17-19,25,28-29,31-32H,1,8-14,16,20-24H2,2-6H3,(H,42,47)(H,43,49)/t28-,29-,31+,32+,40-/m1/s1. The summed E-state index contributed by atoms with van der Waals surface area (Å²) in [5.41, 5.74) is -0.927. The van der Waals surface area contributed by atoms with Crippen LogP contribution in [0.1, 0.15) is 83.6 Å². The zero-order chi connectivity index (χ0) is 39.7. The summed E-state index contributed by atoms with van der Waals surface area (Å²) in [5.74, 6) is -2.57. The number of pyridine rings is 1. The molecule has 1 aromatic heterocycles. The van der Waals surface area contributed by atoms with Crippen LogP contribution in [-0.2, 0) is 40.5 Å². The zero-order valence-electron chi connectivity index (χ0n) is 32.6. The van der Waals surface area contributed by atoms with Crippen LogP contribution in [0.4, 0.5) is 0 Å². The number of rotatable bonds is 8. The Bertz CT molecular complexity index is 1930. The molecule has 2 aliphatic carbocycles. The van der Waals surface area contributed by atoms with E-state index in [1.54, 1.807) is 13.3 Å². The molecule has 55 heavy (non-hydrogen) atoms. The summed E-state index contributed by atoms with van der Waals surface area (Å²) in [7, 11) is 0.0465.